The van der Waals surface area contributed by atoms with Gasteiger partial charge in [0.15, 0.2) is 13.1 Å². The largest absolute Gasteiger partial charge is 0.744 e. The van der Waals surface area contributed by atoms with Crippen molar-refractivity contribution in [3.63, 3.8) is 0 Å². The van der Waals surface area contributed by atoms with E-state index in [2.05, 4.69) is 35.9 Å². The number of aryl methyl sites for hydroxylation is 1. The van der Waals surface area contributed by atoms with Crippen LogP contribution in [0.4, 0.5) is 11.4 Å². The Morgan fingerprint density at radius 1 is 1.00 bits per heavy atom. The van der Waals surface area contributed by atoms with Crippen LogP contribution in [0.3, 0.4) is 0 Å². The van der Waals surface area contributed by atoms with E-state index in [0.717, 1.165) is 64.7 Å². The van der Waals surface area contributed by atoms with Crippen molar-refractivity contribution in [3.05, 3.63) is 54.6 Å². The van der Waals surface area contributed by atoms with E-state index in [4.69, 9.17) is 9.47 Å². The van der Waals surface area contributed by atoms with Crippen molar-refractivity contribution in [2.24, 2.45) is 0 Å². The molecule has 224 valence electrons. The van der Waals surface area contributed by atoms with Crippen molar-refractivity contribution in [3.8, 4) is 11.1 Å². The fourth-order valence-corrected chi connectivity index (χ4v) is 4.49. The van der Waals surface area contributed by atoms with E-state index in [-0.39, 0.29) is 17.2 Å². The van der Waals surface area contributed by atoms with E-state index in [1.165, 1.54) is 12.1 Å². The highest BCUT2D eigenvalue weighted by Crippen LogP contribution is 2.33. The molecule has 0 unspecified atom stereocenters. The number of benzene rings is 2. The monoisotopic (exact) mass is 588 g/mol. The number of amides is 2. The number of likely N-dealkylation sites (N-methyl/N-ethyl adjacent to an activating group) is 1. The molecule has 12 heteroatoms. The molecule has 2 saturated heterocycles. The Bertz CT molecular complexity index is 1310. The summed E-state index contributed by atoms with van der Waals surface area (Å²) in [4.78, 5) is 24.7. The lowest BCUT2D eigenvalue weighted by Crippen LogP contribution is -2.32. The van der Waals surface area contributed by atoms with Crippen molar-refractivity contribution < 1.29 is 36.6 Å². The first-order valence-electron chi connectivity index (χ1n) is 13.3. The Labute approximate surface area is 242 Å². The van der Waals surface area contributed by atoms with Crippen LogP contribution in [0.1, 0.15) is 18.9 Å². The molecule has 11 nitrogen and oxygen atoms in total. The first kappa shape index (κ1) is 33.8. The number of carbonyl (C=O) groups excluding carboxylic acids is 2. The van der Waals surface area contributed by atoms with Gasteiger partial charge in [0.1, 0.15) is 30.0 Å². The van der Waals surface area contributed by atoms with E-state index >= 15 is 0 Å². The zero-order chi connectivity index (χ0) is 30.4. The Balaban J connectivity index is 0.000000338. The van der Waals surface area contributed by atoms with E-state index in [1.54, 1.807) is 32.0 Å². The highest BCUT2D eigenvalue weighted by Gasteiger charge is 2.15. The van der Waals surface area contributed by atoms with Crippen LogP contribution in [0, 0.1) is 6.92 Å². The average molecular weight is 589 g/mol. The van der Waals surface area contributed by atoms with Crippen LogP contribution in [-0.2, 0) is 29.2 Å². The molecule has 41 heavy (non-hydrogen) atoms. The molecule has 0 saturated carbocycles. The standard InChI is InChI=1S/C19H20N2O5S.C5H11NO.C5H10NO/c1-4-18(22)20-13-6-8-15(12(3)10-13)16-9-7-14(21-19(23)5-2)11-17(16)27(24,25)26;2*1-6-2-4-7-5-3-6/h5-11H,2,4H2,1,3H3,(H,20,22)(H,21,23)(H,24,25,26);2-5H2,1H3;1-5H2/q;;+1/p-1. The summed E-state index contributed by atoms with van der Waals surface area (Å²) >= 11 is 0. The zero-order valence-corrected chi connectivity index (χ0v) is 24.8. The van der Waals surface area contributed by atoms with Crippen LogP contribution < -0.4 is 10.6 Å². The van der Waals surface area contributed by atoms with Gasteiger partial charge in [-0.05, 0) is 61.0 Å². The summed E-state index contributed by atoms with van der Waals surface area (Å²) in [6, 6.07) is 9.02. The summed E-state index contributed by atoms with van der Waals surface area (Å²) in [7, 11) is -2.68. The summed E-state index contributed by atoms with van der Waals surface area (Å²) in [6.07, 6.45) is 1.37. The predicted octanol–water partition coefficient (Wildman–Crippen LogP) is 2.72. The second kappa shape index (κ2) is 16.7. The van der Waals surface area contributed by atoms with Crippen molar-refractivity contribution in [1.82, 2.24) is 4.90 Å². The summed E-state index contributed by atoms with van der Waals surface area (Å²) < 4.78 is 47.4. The lowest BCUT2D eigenvalue weighted by atomic mass is 9.99. The highest BCUT2D eigenvalue weighted by atomic mass is 32.2. The lowest BCUT2D eigenvalue weighted by Gasteiger charge is -2.21. The van der Waals surface area contributed by atoms with Crippen molar-refractivity contribution in [2.75, 3.05) is 70.3 Å². The van der Waals surface area contributed by atoms with Gasteiger partial charge in [0, 0.05) is 30.9 Å². The molecule has 2 N–H and O–H groups in total. The Kier molecular flexibility index (Phi) is 13.8. The van der Waals surface area contributed by atoms with Crippen LogP contribution in [0.2, 0.25) is 0 Å². The molecule has 2 aromatic rings. The van der Waals surface area contributed by atoms with Gasteiger partial charge in [0.25, 0.3) is 0 Å². The van der Waals surface area contributed by atoms with E-state index in [9.17, 15) is 22.6 Å². The van der Waals surface area contributed by atoms with Gasteiger partial charge in [-0.25, -0.2) is 13.0 Å². The normalized spacial score (nSPS) is 15.4. The smallest absolute Gasteiger partial charge is 0.247 e. The van der Waals surface area contributed by atoms with Gasteiger partial charge in [-0.1, -0.05) is 25.6 Å². The number of anilines is 2. The van der Waals surface area contributed by atoms with Gasteiger partial charge < -0.3 is 29.6 Å². The van der Waals surface area contributed by atoms with Crippen molar-refractivity contribution >= 4 is 40.0 Å². The zero-order valence-electron chi connectivity index (χ0n) is 24.0. The molecular weight excluding hydrogens is 548 g/mol. The number of nitrogens with one attached hydrogen (secondary N) is 2. The van der Waals surface area contributed by atoms with E-state index in [1.807, 2.05) is 4.58 Å². The Morgan fingerprint density at radius 2 is 1.56 bits per heavy atom. The fraction of sp³-hybridized carbons (Fsp3) is 0.414. The maximum Gasteiger partial charge on any atom is 0.247 e. The molecule has 4 rings (SSSR count). The number of nitrogens with zero attached hydrogens (tertiary/aromatic N) is 2. The van der Waals surface area contributed by atoms with E-state index < -0.39 is 20.9 Å². The number of hydrogen-bond acceptors (Lipinski definition) is 8. The minimum Gasteiger partial charge on any atom is -0.744 e. The number of rotatable bonds is 6. The molecule has 2 heterocycles. The molecule has 2 fully saturated rings. The summed E-state index contributed by atoms with van der Waals surface area (Å²) in [6.45, 7) is 18.2. The average Bonchev–Trinajstić information content (AvgIpc) is 2.94. The molecule has 0 aliphatic carbocycles. The minimum atomic E-state index is -4.79. The first-order valence-corrected chi connectivity index (χ1v) is 14.7. The van der Waals surface area contributed by atoms with Gasteiger partial charge in [0.05, 0.1) is 18.1 Å². The molecular formula is C29H40N4O7S. The number of hydrogen-bond donors (Lipinski definition) is 2. The number of carbonyl (C=O) groups is 2. The molecule has 0 radical (unpaired) electrons. The molecule has 0 aromatic heterocycles. The van der Waals surface area contributed by atoms with Crippen molar-refractivity contribution in [2.45, 2.75) is 25.2 Å². The predicted molar refractivity (Wildman–Crippen MR) is 159 cm³/mol. The minimum absolute atomic E-state index is 0.146. The van der Waals surface area contributed by atoms with E-state index in [0.29, 0.717) is 23.2 Å². The van der Waals surface area contributed by atoms with Crippen LogP contribution in [0.5, 0.6) is 0 Å². The first-order chi connectivity index (χ1) is 19.4. The molecule has 2 aromatic carbocycles. The highest BCUT2D eigenvalue weighted by molar-refractivity contribution is 7.85. The maximum atomic E-state index is 11.8. The Hall–Kier alpha value is -3.42. The fourth-order valence-electron chi connectivity index (χ4n) is 3.77. The lowest BCUT2D eigenvalue weighted by molar-refractivity contribution is -0.541. The molecule has 2 aliphatic rings. The summed E-state index contributed by atoms with van der Waals surface area (Å²) in [5, 5.41) is 5.14. The molecule has 2 amide bonds. The third-order valence-electron chi connectivity index (χ3n) is 6.16. The van der Waals surface area contributed by atoms with Crippen LogP contribution >= 0.6 is 0 Å². The second-order valence-corrected chi connectivity index (χ2v) is 10.8. The third-order valence-corrected chi connectivity index (χ3v) is 7.04. The SMILES string of the molecule is C=CC(=O)Nc1ccc(-c2ccc(NC(=O)CC)cc2C)c(S(=O)(=O)[O-])c1.C=[N+]1CCOCC1.CN1CCOCC1. The van der Waals surface area contributed by atoms with Crippen LogP contribution in [0.15, 0.2) is 53.9 Å². The molecule has 2 aliphatic heterocycles. The molecule has 0 bridgehead atoms. The topological polar surface area (TPSA) is 140 Å². The van der Waals surface area contributed by atoms with Crippen molar-refractivity contribution in [1.29, 1.82) is 0 Å². The van der Waals surface area contributed by atoms with Crippen LogP contribution in [0.25, 0.3) is 11.1 Å². The van der Waals surface area contributed by atoms with Crippen LogP contribution in [-0.4, -0.2) is 101 Å². The van der Waals surface area contributed by atoms with Gasteiger partial charge >= 0.3 is 0 Å². The number of ether oxygens (including phenoxy) is 2. The summed E-state index contributed by atoms with van der Waals surface area (Å²) in [5.41, 5.74) is 2.16. The Morgan fingerprint density at radius 3 is 2.00 bits per heavy atom. The third kappa shape index (κ3) is 11.9. The van der Waals surface area contributed by atoms with Gasteiger partial charge in [-0.3, -0.25) is 9.59 Å². The second-order valence-electron chi connectivity index (χ2n) is 9.44. The van der Waals surface area contributed by atoms with Gasteiger partial charge in [-0.15, -0.1) is 0 Å². The molecule has 0 atom stereocenters. The molecule has 0 spiro atoms. The van der Waals surface area contributed by atoms with Gasteiger partial charge in [0.2, 0.25) is 11.8 Å². The quantitative estimate of drug-likeness (QED) is 0.298. The summed E-state index contributed by atoms with van der Waals surface area (Å²) in [5.74, 6) is -0.670. The maximum absolute atomic E-state index is 11.8. The van der Waals surface area contributed by atoms with Gasteiger partial charge in [-0.2, -0.15) is 0 Å². The number of morpholine rings is 2.